The molecule has 1 aliphatic heterocycles. The number of carbonyl (C=O) groups is 1. The first-order valence-electron chi connectivity index (χ1n) is 4.53. The van der Waals surface area contributed by atoms with Gasteiger partial charge in [-0.1, -0.05) is 0 Å². The third kappa shape index (κ3) is 2.60. The minimum Gasteiger partial charge on any atom is -0.751 e. The molecule has 1 amide bonds. The molecule has 17 heavy (non-hydrogen) atoms. The summed E-state index contributed by atoms with van der Waals surface area (Å²) in [7, 11) is 1.58. The maximum absolute atomic E-state index is 11.6. The summed E-state index contributed by atoms with van der Waals surface area (Å²) in [5.41, 5.74) is 0.674. The molecule has 3 nitrogen and oxygen atoms in total. The molecule has 1 aromatic rings. The smallest absolute Gasteiger partial charge is 0.751 e. The van der Waals surface area contributed by atoms with Crippen molar-refractivity contribution in [3.05, 3.63) is 24.3 Å². The van der Waals surface area contributed by atoms with Gasteiger partial charge in [0.2, 0.25) is 5.91 Å². The SMILES string of the molecule is COc1ccc(N2C(=O)C(Cl)C2([S-])S)cc1.[Na+]. The maximum atomic E-state index is 11.6. The molecule has 0 bridgehead atoms. The van der Waals surface area contributed by atoms with Crippen molar-refractivity contribution in [1.29, 1.82) is 0 Å². The number of methoxy groups -OCH3 is 1. The van der Waals surface area contributed by atoms with Gasteiger partial charge in [-0.3, -0.25) is 4.79 Å². The fourth-order valence-corrected chi connectivity index (χ4v) is 2.34. The molecule has 1 aliphatic rings. The van der Waals surface area contributed by atoms with Crippen molar-refractivity contribution in [3.63, 3.8) is 0 Å². The molecule has 0 saturated carbocycles. The summed E-state index contributed by atoms with van der Waals surface area (Å²) in [5.74, 6) is 0.491. The molecular formula is C10H9ClNNaO2S2. The van der Waals surface area contributed by atoms with Crippen LogP contribution in [-0.2, 0) is 17.4 Å². The maximum Gasteiger partial charge on any atom is 1.00 e. The molecule has 0 aliphatic carbocycles. The number of hydrogen-bond donors (Lipinski definition) is 1. The summed E-state index contributed by atoms with van der Waals surface area (Å²) >= 11 is 15.1. The molecule has 1 heterocycles. The van der Waals surface area contributed by atoms with Gasteiger partial charge in [-0.15, -0.1) is 11.6 Å². The Bertz CT molecular complexity index is 427. The van der Waals surface area contributed by atoms with Gasteiger partial charge in [0.15, 0.2) is 0 Å². The second-order valence-electron chi connectivity index (χ2n) is 3.39. The molecule has 0 aromatic heterocycles. The van der Waals surface area contributed by atoms with Crippen molar-refractivity contribution >= 4 is 48.5 Å². The van der Waals surface area contributed by atoms with E-state index in [0.717, 1.165) is 0 Å². The van der Waals surface area contributed by atoms with Crippen LogP contribution in [0, 0.1) is 0 Å². The summed E-state index contributed by atoms with van der Waals surface area (Å²) in [6.45, 7) is 0. The first-order chi connectivity index (χ1) is 7.48. The fourth-order valence-electron chi connectivity index (χ4n) is 1.52. The third-order valence-corrected chi connectivity index (χ3v) is 4.08. The second kappa shape index (κ2) is 5.63. The van der Waals surface area contributed by atoms with Gasteiger partial charge < -0.3 is 22.3 Å². The van der Waals surface area contributed by atoms with E-state index in [0.29, 0.717) is 11.4 Å². The van der Waals surface area contributed by atoms with Gasteiger partial charge in [0.1, 0.15) is 11.1 Å². The molecule has 2 unspecified atom stereocenters. The van der Waals surface area contributed by atoms with Gasteiger partial charge in [-0.25, -0.2) is 0 Å². The van der Waals surface area contributed by atoms with Gasteiger partial charge in [-0.2, -0.15) is 12.6 Å². The minimum atomic E-state index is -1.05. The van der Waals surface area contributed by atoms with Crippen molar-refractivity contribution in [2.45, 2.75) is 9.58 Å². The van der Waals surface area contributed by atoms with Crippen LogP contribution in [0.1, 0.15) is 0 Å². The Kier molecular flexibility index (Phi) is 5.15. The van der Waals surface area contributed by atoms with Gasteiger partial charge in [0.25, 0.3) is 0 Å². The van der Waals surface area contributed by atoms with Crippen molar-refractivity contribution in [2.24, 2.45) is 0 Å². The van der Waals surface area contributed by atoms with Crippen LogP contribution in [0.5, 0.6) is 5.75 Å². The summed E-state index contributed by atoms with van der Waals surface area (Å²) in [6, 6.07) is 7.00. The van der Waals surface area contributed by atoms with Crippen LogP contribution in [0.4, 0.5) is 5.69 Å². The van der Waals surface area contributed by atoms with Gasteiger partial charge in [0, 0.05) is 5.69 Å². The summed E-state index contributed by atoms with van der Waals surface area (Å²) in [4.78, 5) is 13.0. The first-order valence-corrected chi connectivity index (χ1v) is 5.82. The van der Waals surface area contributed by atoms with E-state index in [4.69, 9.17) is 29.0 Å². The predicted molar refractivity (Wildman–Crippen MR) is 69.2 cm³/mol. The number of rotatable bonds is 2. The summed E-state index contributed by atoms with van der Waals surface area (Å²) < 4.78 is 3.98. The van der Waals surface area contributed by atoms with Crippen LogP contribution >= 0.6 is 24.2 Å². The number of ether oxygens (including phenoxy) is 1. The van der Waals surface area contributed by atoms with Crippen LogP contribution in [-0.4, -0.2) is 22.6 Å². The number of β-lactam (4-membered cyclic amide) rings is 1. The van der Waals surface area contributed by atoms with E-state index in [2.05, 4.69) is 12.6 Å². The molecule has 0 radical (unpaired) electrons. The number of nitrogens with zero attached hydrogens (tertiary/aromatic N) is 1. The van der Waals surface area contributed by atoms with E-state index >= 15 is 0 Å². The normalized spacial score (nSPS) is 27.2. The summed E-state index contributed by atoms with van der Waals surface area (Å²) in [5, 5.41) is -0.757. The standard InChI is InChI=1S/C10H10ClNO2S2.Na/c1-14-7-4-2-6(3-5-7)12-9(13)8(11)10(12,15)16;/h2-5,8,15-16H,1H3;/q;+1/p-1. The van der Waals surface area contributed by atoms with Gasteiger partial charge in [0.05, 0.1) is 7.11 Å². The van der Waals surface area contributed by atoms with Crippen LogP contribution in [0.2, 0.25) is 0 Å². The van der Waals surface area contributed by atoms with Crippen molar-refractivity contribution in [3.8, 4) is 5.75 Å². The van der Waals surface area contributed by atoms with E-state index in [1.807, 2.05) is 0 Å². The molecule has 7 heteroatoms. The zero-order chi connectivity index (χ0) is 11.9. The largest absolute Gasteiger partial charge is 1.00 e. The van der Waals surface area contributed by atoms with Crippen molar-refractivity contribution in [2.75, 3.05) is 12.0 Å². The Morgan fingerprint density at radius 2 is 2.00 bits per heavy atom. The van der Waals surface area contributed by atoms with E-state index in [1.54, 1.807) is 31.4 Å². The van der Waals surface area contributed by atoms with Gasteiger partial charge in [-0.05, 0) is 28.5 Å². The number of hydrogen-bond acceptors (Lipinski definition) is 4. The Hall–Kier alpha value is 0.480. The fraction of sp³-hybridized carbons (Fsp3) is 0.300. The van der Waals surface area contributed by atoms with E-state index < -0.39 is 9.58 Å². The molecule has 2 rings (SSSR count). The van der Waals surface area contributed by atoms with Crippen molar-refractivity contribution < 1.29 is 39.1 Å². The van der Waals surface area contributed by atoms with Crippen molar-refractivity contribution in [1.82, 2.24) is 0 Å². The number of amides is 1. The van der Waals surface area contributed by atoms with Gasteiger partial charge >= 0.3 is 29.6 Å². The van der Waals surface area contributed by atoms with Crippen LogP contribution < -0.4 is 39.2 Å². The number of halogens is 1. The van der Waals surface area contributed by atoms with Crippen LogP contribution in [0.15, 0.2) is 24.3 Å². The molecular weight excluding hydrogens is 289 g/mol. The predicted octanol–water partition coefficient (Wildman–Crippen LogP) is -1.22. The number of alkyl halides is 1. The molecule has 86 valence electrons. The van der Waals surface area contributed by atoms with Crippen LogP contribution in [0.25, 0.3) is 0 Å². The molecule has 1 aromatic carbocycles. The zero-order valence-electron chi connectivity index (χ0n) is 9.38. The van der Waals surface area contributed by atoms with Crippen LogP contribution in [0.3, 0.4) is 0 Å². The number of benzene rings is 1. The topological polar surface area (TPSA) is 29.5 Å². The Balaban J connectivity index is 0.00000144. The first kappa shape index (κ1) is 15.5. The Morgan fingerprint density at radius 1 is 1.47 bits per heavy atom. The molecule has 0 spiro atoms. The Labute approximate surface area is 138 Å². The number of anilines is 1. The molecule has 2 atom stereocenters. The quantitative estimate of drug-likeness (QED) is 0.244. The minimum absolute atomic E-state index is 0. The zero-order valence-corrected chi connectivity index (χ0v) is 13.9. The van der Waals surface area contributed by atoms with E-state index in [-0.39, 0.29) is 35.5 Å². The molecule has 0 N–H and O–H groups in total. The average molecular weight is 298 g/mol. The molecule has 1 fully saturated rings. The summed E-state index contributed by atoms with van der Waals surface area (Å²) in [6.07, 6.45) is 0. The second-order valence-corrected chi connectivity index (χ2v) is 5.44. The monoisotopic (exact) mass is 297 g/mol. The Morgan fingerprint density at radius 3 is 2.41 bits per heavy atom. The number of carbonyl (C=O) groups excluding carboxylic acids is 1. The average Bonchev–Trinajstić information content (AvgIpc) is 2.29. The third-order valence-electron chi connectivity index (χ3n) is 2.42. The van der Waals surface area contributed by atoms with E-state index in [9.17, 15) is 4.79 Å². The van der Waals surface area contributed by atoms with E-state index in [1.165, 1.54) is 4.90 Å². The molecule has 1 saturated heterocycles. The number of thiol groups is 1.